The van der Waals surface area contributed by atoms with E-state index in [1.807, 2.05) is 11.8 Å². The Morgan fingerprint density at radius 2 is 2.11 bits per heavy atom. The number of nitrogens with two attached hydrogens (primary N) is 1. The van der Waals surface area contributed by atoms with E-state index in [9.17, 15) is 9.59 Å². The zero-order chi connectivity index (χ0) is 14.4. The van der Waals surface area contributed by atoms with Crippen molar-refractivity contribution in [3.05, 3.63) is 0 Å². The van der Waals surface area contributed by atoms with Crippen molar-refractivity contribution in [3.8, 4) is 0 Å². The van der Waals surface area contributed by atoms with Crippen molar-refractivity contribution in [1.82, 2.24) is 5.32 Å². The fourth-order valence-electron chi connectivity index (χ4n) is 2.47. The van der Waals surface area contributed by atoms with Gasteiger partial charge in [-0.05, 0) is 18.8 Å². The van der Waals surface area contributed by atoms with E-state index < -0.39 is 12.0 Å². The topological polar surface area (TPSA) is 92.4 Å². The Bertz CT molecular complexity index is 306. The molecular formula is C13H24N2O3S. The molecule has 0 amide bonds. The number of aliphatic carboxylic acids is 1. The molecule has 1 saturated heterocycles. The predicted octanol–water partition coefficient (Wildman–Crippen LogP) is 0.866. The van der Waals surface area contributed by atoms with Gasteiger partial charge in [0.1, 0.15) is 6.29 Å². The molecule has 0 aromatic carbocycles. The third-order valence-corrected chi connectivity index (χ3v) is 5.26. The maximum atomic E-state index is 10.7. The van der Waals surface area contributed by atoms with Gasteiger partial charge in [0.05, 0.1) is 12.5 Å². The van der Waals surface area contributed by atoms with E-state index in [0.29, 0.717) is 23.3 Å². The van der Waals surface area contributed by atoms with Gasteiger partial charge in [0.15, 0.2) is 0 Å². The molecule has 0 radical (unpaired) electrons. The Labute approximate surface area is 118 Å². The number of nitrogens with one attached hydrogen (secondary N) is 1. The molecule has 6 heteroatoms. The molecule has 1 fully saturated rings. The van der Waals surface area contributed by atoms with Crippen LogP contribution in [0.4, 0.5) is 0 Å². The standard InChI is InChI=1S/C13H24N2O3S/c1-8-12(9(2)19-8)4-3-10(14)6-15-11(7-16)5-13(17)18/h7-12,15H,3-6,14H2,1-2H3,(H,17,18)/t8?,9?,10?,11-,12?/m0/s1. The summed E-state index contributed by atoms with van der Waals surface area (Å²) in [6, 6.07) is -0.665. The maximum Gasteiger partial charge on any atom is 0.305 e. The van der Waals surface area contributed by atoms with Crippen LogP contribution in [0.15, 0.2) is 0 Å². The van der Waals surface area contributed by atoms with Gasteiger partial charge >= 0.3 is 5.97 Å². The van der Waals surface area contributed by atoms with E-state index in [4.69, 9.17) is 10.8 Å². The van der Waals surface area contributed by atoms with Crippen molar-refractivity contribution in [3.63, 3.8) is 0 Å². The number of rotatable bonds is 9. The first-order valence-corrected chi connectivity index (χ1v) is 7.69. The summed E-state index contributed by atoms with van der Waals surface area (Å²) in [7, 11) is 0. The van der Waals surface area contributed by atoms with Crippen LogP contribution in [0.2, 0.25) is 0 Å². The Kier molecular flexibility index (Phi) is 6.82. The quantitative estimate of drug-likeness (QED) is 0.545. The lowest BCUT2D eigenvalue weighted by atomic mass is 9.93. The first-order chi connectivity index (χ1) is 8.93. The molecule has 3 unspecified atom stereocenters. The number of hydrogen-bond donors (Lipinski definition) is 3. The minimum Gasteiger partial charge on any atom is -0.481 e. The molecule has 1 rings (SSSR count). The van der Waals surface area contributed by atoms with Crippen molar-refractivity contribution in [2.45, 2.75) is 55.7 Å². The Balaban J connectivity index is 2.18. The van der Waals surface area contributed by atoms with Gasteiger partial charge in [-0.3, -0.25) is 4.79 Å². The number of carboxylic acid groups (broad SMARTS) is 1. The van der Waals surface area contributed by atoms with Crippen LogP contribution in [0.3, 0.4) is 0 Å². The number of aldehydes is 1. The Hall–Kier alpha value is -0.590. The zero-order valence-electron chi connectivity index (χ0n) is 11.5. The van der Waals surface area contributed by atoms with Crippen molar-refractivity contribution in [2.75, 3.05) is 6.54 Å². The molecule has 110 valence electrons. The Morgan fingerprint density at radius 3 is 2.58 bits per heavy atom. The zero-order valence-corrected chi connectivity index (χ0v) is 12.4. The van der Waals surface area contributed by atoms with E-state index in [1.54, 1.807) is 0 Å². The fraction of sp³-hybridized carbons (Fsp3) is 0.846. The number of carbonyl (C=O) groups is 2. The molecule has 5 nitrogen and oxygen atoms in total. The number of hydrogen-bond acceptors (Lipinski definition) is 5. The van der Waals surface area contributed by atoms with Crippen LogP contribution in [0, 0.1) is 5.92 Å². The molecule has 19 heavy (non-hydrogen) atoms. The highest BCUT2D eigenvalue weighted by Gasteiger charge is 2.35. The minimum atomic E-state index is -0.979. The third-order valence-electron chi connectivity index (χ3n) is 3.71. The number of carbonyl (C=O) groups excluding carboxylic acids is 1. The van der Waals surface area contributed by atoms with Gasteiger partial charge in [0.25, 0.3) is 0 Å². The van der Waals surface area contributed by atoms with Gasteiger partial charge in [-0.2, -0.15) is 11.8 Å². The van der Waals surface area contributed by atoms with Crippen LogP contribution in [-0.2, 0) is 9.59 Å². The average Bonchev–Trinajstić information content (AvgIpc) is 2.34. The van der Waals surface area contributed by atoms with Gasteiger partial charge in [-0.1, -0.05) is 13.8 Å². The normalized spacial score (nSPS) is 29.3. The highest BCUT2D eigenvalue weighted by atomic mass is 32.2. The highest BCUT2D eigenvalue weighted by Crippen LogP contribution is 2.44. The molecule has 0 aromatic rings. The largest absolute Gasteiger partial charge is 0.481 e. The first kappa shape index (κ1) is 16.5. The SMILES string of the molecule is CC1SC(C)C1CCC(N)CN[C@H](C=O)CC(=O)O. The summed E-state index contributed by atoms with van der Waals surface area (Å²) in [5.74, 6) is -0.246. The number of carboxylic acids is 1. The summed E-state index contributed by atoms with van der Waals surface area (Å²) in [4.78, 5) is 21.2. The van der Waals surface area contributed by atoms with Gasteiger partial charge in [0, 0.05) is 23.1 Å². The molecule has 1 aliphatic heterocycles. The lowest BCUT2D eigenvalue weighted by Gasteiger charge is -2.41. The van der Waals surface area contributed by atoms with Crippen LogP contribution in [0.1, 0.15) is 33.1 Å². The molecule has 4 atom stereocenters. The maximum absolute atomic E-state index is 10.7. The van der Waals surface area contributed by atoms with Crippen molar-refractivity contribution in [1.29, 1.82) is 0 Å². The smallest absolute Gasteiger partial charge is 0.305 e. The van der Waals surface area contributed by atoms with Crippen molar-refractivity contribution in [2.24, 2.45) is 11.7 Å². The monoisotopic (exact) mass is 288 g/mol. The van der Waals surface area contributed by atoms with Crippen LogP contribution in [0.5, 0.6) is 0 Å². The fourth-order valence-corrected chi connectivity index (χ4v) is 4.02. The van der Waals surface area contributed by atoms with Crippen molar-refractivity contribution >= 4 is 24.0 Å². The molecule has 0 aromatic heterocycles. The molecule has 0 saturated carbocycles. The van der Waals surface area contributed by atoms with Gasteiger partial charge < -0.3 is 21.0 Å². The predicted molar refractivity (Wildman–Crippen MR) is 77.3 cm³/mol. The summed E-state index contributed by atoms with van der Waals surface area (Å²) in [5.41, 5.74) is 5.99. The average molecular weight is 288 g/mol. The molecular weight excluding hydrogens is 264 g/mol. The van der Waals surface area contributed by atoms with Crippen LogP contribution < -0.4 is 11.1 Å². The van der Waals surface area contributed by atoms with Crippen LogP contribution in [-0.4, -0.2) is 46.5 Å². The van der Waals surface area contributed by atoms with E-state index >= 15 is 0 Å². The third kappa shape index (κ3) is 5.50. The second-order valence-corrected chi connectivity index (χ2v) is 7.06. The molecule has 0 spiro atoms. The highest BCUT2D eigenvalue weighted by molar-refractivity contribution is 8.01. The Morgan fingerprint density at radius 1 is 1.47 bits per heavy atom. The molecule has 1 heterocycles. The summed E-state index contributed by atoms with van der Waals surface area (Å²) < 4.78 is 0. The van der Waals surface area contributed by atoms with Gasteiger partial charge in [-0.15, -0.1) is 0 Å². The second kappa shape index (κ2) is 7.87. The minimum absolute atomic E-state index is 0.0266. The summed E-state index contributed by atoms with van der Waals surface area (Å²) in [5, 5.41) is 13.0. The molecule has 1 aliphatic rings. The number of thioether (sulfide) groups is 1. The molecule has 0 aliphatic carbocycles. The lowest BCUT2D eigenvalue weighted by molar-refractivity contribution is -0.138. The summed E-state index contributed by atoms with van der Waals surface area (Å²) in [6.07, 6.45) is 2.45. The van der Waals surface area contributed by atoms with Crippen LogP contribution >= 0.6 is 11.8 Å². The van der Waals surface area contributed by atoms with Gasteiger partial charge in [0.2, 0.25) is 0 Å². The summed E-state index contributed by atoms with van der Waals surface area (Å²) >= 11 is 2.00. The van der Waals surface area contributed by atoms with Crippen molar-refractivity contribution < 1.29 is 14.7 Å². The van der Waals surface area contributed by atoms with E-state index in [1.165, 1.54) is 0 Å². The van der Waals surface area contributed by atoms with E-state index in [-0.39, 0.29) is 12.5 Å². The second-order valence-electron chi connectivity index (χ2n) is 5.30. The van der Waals surface area contributed by atoms with Gasteiger partial charge in [-0.25, -0.2) is 0 Å². The summed E-state index contributed by atoms with van der Waals surface area (Å²) in [6.45, 7) is 4.97. The molecule has 4 N–H and O–H groups in total. The molecule has 0 bridgehead atoms. The van der Waals surface area contributed by atoms with E-state index in [2.05, 4.69) is 19.2 Å². The van der Waals surface area contributed by atoms with Crippen LogP contribution in [0.25, 0.3) is 0 Å². The lowest BCUT2D eigenvalue weighted by Crippen LogP contribution is -2.43. The van der Waals surface area contributed by atoms with E-state index in [0.717, 1.165) is 18.8 Å². The first-order valence-electron chi connectivity index (χ1n) is 6.75.